The Bertz CT molecular complexity index is 4350. The number of aromatic hydroxyl groups is 2. The van der Waals surface area contributed by atoms with Gasteiger partial charge < -0.3 is 20.1 Å². The van der Waals surface area contributed by atoms with E-state index in [1.165, 1.54) is 42.5 Å². The molecule has 8 aromatic rings. The smallest absolute Gasteiger partial charge is 0.297 e. The Kier molecular flexibility index (Phi) is 15.2. The number of ether oxygens (including phenoxy) is 1. The molecule has 77 heavy (non-hydrogen) atoms. The molecule has 0 radical (unpaired) electrons. The monoisotopic (exact) mass is 1170 g/mol. The van der Waals surface area contributed by atoms with Crippen LogP contribution in [0.2, 0.25) is 0 Å². The van der Waals surface area contributed by atoms with Crippen molar-refractivity contribution >= 4 is 116 Å². The molecule has 8 rings (SSSR count). The van der Waals surface area contributed by atoms with Crippen LogP contribution < -0.4 is 4.74 Å². The quantitative estimate of drug-likeness (QED) is 0.0227. The number of azo groups is 3. The van der Waals surface area contributed by atoms with Gasteiger partial charge in [0.05, 0.1) is 50.3 Å². The van der Waals surface area contributed by atoms with Crippen LogP contribution in [0.3, 0.4) is 0 Å². The van der Waals surface area contributed by atoms with Gasteiger partial charge in [0.1, 0.15) is 38.3 Å². The van der Waals surface area contributed by atoms with Gasteiger partial charge in [0, 0.05) is 28.0 Å². The zero-order valence-corrected chi connectivity index (χ0v) is 43.5. The van der Waals surface area contributed by atoms with Crippen LogP contribution in [-0.2, 0) is 57.2 Å². The van der Waals surface area contributed by atoms with Crippen molar-refractivity contribution < 1.29 is 84.9 Å². The Morgan fingerprint density at radius 2 is 1.23 bits per heavy atom. The molecule has 8 N–H and O–H groups in total. The lowest BCUT2D eigenvalue weighted by atomic mass is 10.1. The molecule has 2 heterocycles. The first-order valence-electron chi connectivity index (χ1n) is 21.2. The first-order valence-corrected chi connectivity index (χ1v) is 29.4. The number of aromatic nitrogens is 3. The molecule has 0 unspecified atom stereocenters. The number of nitrogens with zero attached hydrogens (tertiary/aromatic N) is 9. The minimum Gasteiger partial charge on any atom is -0.505 e. The minimum atomic E-state index is -5.27. The van der Waals surface area contributed by atoms with Gasteiger partial charge in [0.15, 0.2) is 11.4 Å². The van der Waals surface area contributed by atoms with Gasteiger partial charge in [-0.25, -0.2) is 4.98 Å². The molecule has 0 atom stereocenters. The fraction of sp³-hybridized carbons (Fsp3) is 0.116. The summed E-state index contributed by atoms with van der Waals surface area (Å²) in [6.07, 6.45) is -0.200. The summed E-state index contributed by atoms with van der Waals surface area (Å²) in [4.78, 5) is 0.726. The van der Waals surface area contributed by atoms with Crippen LogP contribution in [-0.4, -0.2) is 107 Å². The van der Waals surface area contributed by atoms with E-state index in [9.17, 15) is 80.2 Å². The van der Waals surface area contributed by atoms with Crippen molar-refractivity contribution in [2.75, 3.05) is 12.4 Å². The normalized spacial score (nSPS) is 13.0. The topological polar surface area (TPSA) is 447 Å². The van der Waals surface area contributed by atoms with Crippen LogP contribution in [0, 0.1) is 6.92 Å². The zero-order valence-electron chi connectivity index (χ0n) is 38.6. The van der Waals surface area contributed by atoms with Crippen molar-refractivity contribution in [3.8, 4) is 34.3 Å². The van der Waals surface area contributed by atoms with Gasteiger partial charge in [-0.3, -0.25) is 22.8 Å². The van der Waals surface area contributed by atoms with E-state index in [0.717, 1.165) is 29.5 Å². The molecule has 402 valence electrons. The van der Waals surface area contributed by atoms with Crippen molar-refractivity contribution in [3.63, 3.8) is 0 Å². The second-order valence-corrected chi connectivity index (χ2v) is 24.2. The van der Waals surface area contributed by atoms with E-state index in [4.69, 9.17) is 4.74 Å². The minimum absolute atomic E-state index is 0.00287. The molecule has 0 spiro atoms. The number of aryl methyl sites for hydroxylation is 1. The highest BCUT2D eigenvalue weighted by atomic mass is 32.2. The molecule has 0 bridgehead atoms. The van der Waals surface area contributed by atoms with Crippen LogP contribution >= 0.6 is 11.3 Å². The van der Waals surface area contributed by atoms with Crippen LogP contribution in [0.1, 0.15) is 17.5 Å². The van der Waals surface area contributed by atoms with Crippen LogP contribution in [0.5, 0.6) is 17.4 Å². The van der Waals surface area contributed by atoms with Crippen molar-refractivity contribution in [1.29, 1.82) is 0 Å². The number of aliphatic hydroxyl groups is 1. The fourth-order valence-electron chi connectivity index (χ4n) is 7.35. The first-order chi connectivity index (χ1) is 36.0. The van der Waals surface area contributed by atoms with Gasteiger partial charge in [-0.05, 0) is 67.4 Å². The number of phenolic OH excluding ortho intramolecular Hbond substituents is 1. The third-order valence-electron chi connectivity index (χ3n) is 10.8. The average Bonchev–Trinajstić information content (AvgIpc) is 3.92. The number of rotatable bonds is 18. The molecule has 0 saturated carbocycles. The molecule has 34 heteroatoms. The summed E-state index contributed by atoms with van der Waals surface area (Å²) >= 11 is 0.745. The number of aliphatic hydroxyl groups excluding tert-OH is 1. The van der Waals surface area contributed by atoms with Crippen molar-refractivity contribution in [1.82, 2.24) is 14.8 Å². The lowest BCUT2D eigenvalue weighted by Crippen LogP contribution is -2.08. The van der Waals surface area contributed by atoms with Crippen LogP contribution in [0.15, 0.2) is 147 Å². The first kappa shape index (κ1) is 55.6. The fourth-order valence-corrected chi connectivity index (χ4v) is 11.9. The largest absolute Gasteiger partial charge is 0.505 e. The van der Waals surface area contributed by atoms with E-state index < -0.39 is 111 Å². The molecule has 6 aromatic carbocycles. The second-order valence-electron chi connectivity index (χ2n) is 16.1. The van der Waals surface area contributed by atoms with E-state index in [2.05, 4.69) is 40.8 Å². The second kappa shape index (κ2) is 21.1. The van der Waals surface area contributed by atoms with E-state index >= 15 is 0 Å². The highest BCUT2D eigenvalue weighted by molar-refractivity contribution is 7.87. The Balaban J connectivity index is 1.17. The number of phenols is 1. The summed E-state index contributed by atoms with van der Waals surface area (Å²) in [5.41, 5.74) is -1.41. The lowest BCUT2D eigenvalue weighted by Gasteiger charge is -2.11. The number of thiazole rings is 1. The van der Waals surface area contributed by atoms with Crippen molar-refractivity contribution in [3.05, 3.63) is 108 Å². The van der Waals surface area contributed by atoms with Gasteiger partial charge in [-0.1, -0.05) is 53.8 Å². The number of hydrogen-bond donors (Lipinski definition) is 8. The Morgan fingerprint density at radius 3 is 1.86 bits per heavy atom. The van der Waals surface area contributed by atoms with Gasteiger partial charge in [-0.15, -0.1) is 30.7 Å². The van der Waals surface area contributed by atoms with E-state index in [-0.39, 0.29) is 78.8 Å². The van der Waals surface area contributed by atoms with Gasteiger partial charge in [0.2, 0.25) is 11.0 Å². The Hall–Kier alpha value is -7.61. The summed E-state index contributed by atoms with van der Waals surface area (Å²) in [7, 11) is -24.7. The predicted octanol–water partition coefficient (Wildman–Crippen LogP) is 8.40. The molecule has 28 nitrogen and oxygen atoms in total. The molecule has 0 fully saturated rings. The average molecular weight is 1170 g/mol. The summed E-state index contributed by atoms with van der Waals surface area (Å²) in [5, 5.41) is 60.8. The standard InChI is InChI=1S/C43H35N9O19S6/c1-22-16-34(35(71-14-5-15-73(56,57)58)20-33(22)47-50-43-44-31-11-8-24(21-53)40(39(31)72-43)76(65,66)67)48-45-30-12-10-29-28(38(30)54)9-13-32(41(29)77(68,69)70)46-49-37-36(23-6-3-2-4-7-23)51-52(42(37)55)25-17-26(74(59,60)61)19-27(18-25)75(62,63)64/h2-4,6-13,16-20,53-55H,5,14-15,21H2,1H3,(H,56,57,58)(H,59,60,61)(H,62,63,64)(H,65,66,67)(H,68,69,70). The Labute approximate surface area is 438 Å². The summed E-state index contributed by atoms with van der Waals surface area (Å²) in [6, 6.07) is 19.4. The van der Waals surface area contributed by atoms with Crippen molar-refractivity contribution in [2.24, 2.45) is 30.7 Å². The molecule has 0 amide bonds. The van der Waals surface area contributed by atoms with E-state index in [0.29, 0.717) is 28.4 Å². The molecule has 0 saturated heterocycles. The van der Waals surface area contributed by atoms with Gasteiger partial charge in [0.25, 0.3) is 50.6 Å². The molecule has 0 aliphatic carbocycles. The maximum absolute atomic E-state index is 13.1. The molecular formula is C43H35N9O19S6. The molecular weight excluding hydrogens is 1140 g/mol. The predicted molar refractivity (Wildman–Crippen MR) is 271 cm³/mol. The third-order valence-corrected chi connectivity index (χ3v) is 16.3. The number of hydrogen-bond acceptors (Lipinski definition) is 23. The number of benzene rings is 6. The molecule has 0 aliphatic rings. The molecule has 2 aromatic heterocycles. The third kappa shape index (κ3) is 12.3. The number of fused-ring (bicyclic) bond motifs is 2. The Morgan fingerprint density at radius 1 is 0.623 bits per heavy atom. The SMILES string of the molecule is Cc1cc(N=Nc2ccc3c(S(=O)(=O)O)c(N=Nc4c(-c5ccccc5)nn(-c5cc(S(=O)(=O)O)cc(S(=O)(=O)O)c5)c4O)ccc3c2O)c(OCCCS(=O)(=O)O)cc1N=Nc1nc2ccc(CO)c(S(=O)(=O)O)c2s1. The van der Waals surface area contributed by atoms with Gasteiger partial charge >= 0.3 is 0 Å². The maximum Gasteiger partial charge on any atom is 0.297 e. The van der Waals surface area contributed by atoms with Crippen LogP contribution in [0.25, 0.3) is 37.9 Å². The molecule has 0 aliphatic heterocycles. The van der Waals surface area contributed by atoms with E-state index in [1.807, 2.05) is 0 Å². The highest BCUT2D eigenvalue weighted by Gasteiger charge is 2.27. The lowest BCUT2D eigenvalue weighted by molar-refractivity contribution is 0.278. The zero-order chi connectivity index (χ0) is 56.0. The van der Waals surface area contributed by atoms with Gasteiger partial charge in [-0.2, -0.15) is 51.9 Å². The summed E-state index contributed by atoms with van der Waals surface area (Å²) < 4.78 is 177. The van der Waals surface area contributed by atoms with Crippen LogP contribution in [0.4, 0.5) is 33.6 Å². The maximum atomic E-state index is 13.1. The highest BCUT2D eigenvalue weighted by Crippen LogP contribution is 2.45. The van der Waals surface area contributed by atoms with Crippen molar-refractivity contribution in [2.45, 2.75) is 39.5 Å². The summed E-state index contributed by atoms with van der Waals surface area (Å²) in [6.45, 7) is 0.563. The summed E-state index contributed by atoms with van der Waals surface area (Å²) in [5.74, 6) is -2.39. The van der Waals surface area contributed by atoms with E-state index in [1.54, 1.807) is 25.1 Å².